The fourth-order valence-electron chi connectivity index (χ4n) is 3.11. The fraction of sp³-hybridized carbons (Fsp3) is 0.647. The number of hydrogen-bond acceptors (Lipinski definition) is 5. The number of Topliss-reactive ketones (excluding diaryl/α,β-unsaturated/α-hetero) is 1. The van der Waals surface area contributed by atoms with Crippen LogP contribution < -0.4 is 4.90 Å². The summed E-state index contributed by atoms with van der Waals surface area (Å²) in [6, 6.07) is 0. The number of rotatable bonds is 5. The minimum absolute atomic E-state index is 0.0000368. The highest BCUT2D eigenvalue weighted by molar-refractivity contribution is 5.94. The first-order valence-electron chi connectivity index (χ1n) is 8.36. The number of ketones is 1. The zero-order valence-electron chi connectivity index (χ0n) is 14.5. The minimum Gasteiger partial charge on any atom is -0.343 e. The van der Waals surface area contributed by atoms with Gasteiger partial charge in [-0.3, -0.25) is 9.59 Å². The van der Waals surface area contributed by atoms with Gasteiger partial charge in [-0.1, -0.05) is 0 Å². The summed E-state index contributed by atoms with van der Waals surface area (Å²) < 4.78 is 0. The fourth-order valence-corrected chi connectivity index (χ4v) is 3.11. The van der Waals surface area contributed by atoms with E-state index in [1.165, 1.54) is 6.92 Å². The maximum Gasteiger partial charge on any atom is 0.227 e. The number of piperidine rings is 1. The molecular weight excluding hydrogens is 292 g/mol. The van der Waals surface area contributed by atoms with Gasteiger partial charge in [0.05, 0.1) is 17.2 Å². The average molecular weight is 318 g/mol. The molecule has 0 bridgehead atoms. The Morgan fingerprint density at radius 2 is 2.04 bits per heavy atom. The molecule has 1 amide bonds. The first-order chi connectivity index (χ1) is 11.0. The smallest absolute Gasteiger partial charge is 0.227 e. The summed E-state index contributed by atoms with van der Waals surface area (Å²) in [7, 11) is 0. The zero-order valence-corrected chi connectivity index (χ0v) is 14.5. The Labute approximate surface area is 137 Å². The van der Waals surface area contributed by atoms with Gasteiger partial charge >= 0.3 is 0 Å². The molecule has 1 atom stereocenters. The monoisotopic (exact) mass is 318 g/mol. The van der Waals surface area contributed by atoms with Crippen LogP contribution in [0.1, 0.15) is 49.7 Å². The Bertz CT molecular complexity index is 584. The normalized spacial score (nSPS) is 17.9. The van der Waals surface area contributed by atoms with Crippen molar-refractivity contribution in [2.45, 2.75) is 40.5 Å². The molecule has 23 heavy (non-hydrogen) atoms. The average Bonchev–Trinajstić information content (AvgIpc) is 2.55. The van der Waals surface area contributed by atoms with E-state index in [9.17, 15) is 9.59 Å². The highest BCUT2D eigenvalue weighted by Gasteiger charge is 2.29. The van der Waals surface area contributed by atoms with Gasteiger partial charge in [-0.05, 0) is 40.5 Å². The van der Waals surface area contributed by atoms with Crippen LogP contribution in [-0.2, 0) is 4.79 Å². The van der Waals surface area contributed by atoms with Crippen molar-refractivity contribution >= 4 is 17.6 Å². The molecule has 1 fully saturated rings. The standard InChI is InChI=1S/C17H26N4O2/c1-5-20(6-2)16(23)14-8-7-9-21(11-14)17-18-10-15(13(4)22)12(3)19-17/h10,14H,5-9,11H2,1-4H3. The molecule has 0 aromatic carbocycles. The molecule has 1 aliphatic heterocycles. The van der Waals surface area contributed by atoms with E-state index in [-0.39, 0.29) is 17.6 Å². The van der Waals surface area contributed by atoms with Crippen molar-refractivity contribution in [3.8, 4) is 0 Å². The van der Waals surface area contributed by atoms with Crippen molar-refractivity contribution in [1.29, 1.82) is 0 Å². The molecule has 6 heteroatoms. The van der Waals surface area contributed by atoms with Crippen LogP contribution >= 0.6 is 0 Å². The van der Waals surface area contributed by atoms with Crippen molar-refractivity contribution in [2.75, 3.05) is 31.1 Å². The maximum atomic E-state index is 12.6. The lowest BCUT2D eigenvalue weighted by Gasteiger charge is -2.34. The number of amides is 1. The predicted octanol–water partition coefficient (Wildman–Crippen LogP) is 2.07. The first kappa shape index (κ1) is 17.4. The van der Waals surface area contributed by atoms with Crippen LogP contribution in [0.2, 0.25) is 0 Å². The van der Waals surface area contributed by atoms with Gasteiger partial charge in [-0.15, -0.1) is 0 Å². The van der Waals surface area contributed by atoms with Crippen LogP contribution in [0.3, 0.4) is 0 Å². The molecule has 2 rings (SSSR count). The quantitative estimate of drug-likeness (QED) is 0.778. The number of aryl methyl sites for hydroxylation is 1. The van der Waals surface area contributed by atoms with E-state index < -0.39 is 0 Å². The predicted molar refractivity (Wildman–Crippen MR) is 89.6 cm³/mol. The molecule has 0 saturated carbocycles. The van der Waals surface area contributed by atoms with Crippen LogP contribution in [0, 0.1) is 12.8 Å². The van der Waals surface area contributed by atoms with Gasteiger partial charge in [0.1, 0.15) is 0 Å². The van der Waals surface area contributed by atoms with Crippen molar-refractivity contribution in [3.63, 3.8) is 0 Å². The largest absolute Gasteiger partial charge is 0.343 e. The third kappa shape index (κ3) is 3.86. The Morgan fingerprint density at radius 1 is 1.35 bits per heavy atom. The Morgan fingerprint density at radius 3 is 2.61 bits per heavy atom. The van der Waals surface area contributed by atoms with E-state index in [1.807, 2.05) is 25.7 Å². The molecular formula is C17H26N4O2. The molecule has 126 valence electrons. The SMILES string of the molecule is CCN(CC)C(=O)C1CCCN(c2ncc(C(C)=O)c(C)n2)C1. The van der Waals surface area contributed by atoms with Crippen LogP contribution in [0.25, 0.3) is 0 Å². The van der Waals surface area contributed by atoms with Crippen molar-refractivity contribution in [3.05, 3.63) is 17.5 Å². The lowest BCUT2D eigenvalue weighted by atomic mass is 9.96. The number of aromatic nitrogens is 2. The van der Waals surface area contributed by atoms with Crippen LogP contribution in [0.5, 0.6) is 0 Å². The van der Waals surface area contributed by atoms with Gasteiger partial charge in [0.2, 0.25) is 11.9 Å². The van der Waals surface area contributed by atoms with E-state index in [0.717, 1.165) is 32.5 Å². The van der Waals surface area contributed by atoms with E-state index in [2.05, 4.69) is 14.9 Å². The van der Waals surface area contributed by atoms with Crippen LogP contribution in [0.4, 0.5) is 5.95 Å². The summed E-state index contributed by atoms with van der Waals surface area (Å²) in [4.78, 5) is 36.8. The van der Waals surface area contributed by atoms with Gasteiger partial charge in [0, 0.05) is 32.4 Å². The number of carbonyl (C=O) groups excluding carboxylic acids is 2. The van der Waals surface area contributed by atoms with Gasteiger partial charge < -0.3 is 9.80 Å². The van der Waals surface area contributed by atoms with Crippen molar-refractivity contribution in [1.82, 2.24) is 14.9 Å². The second-order valence-corrected chi connectivity index (χ2v) is 6.02. The molecule has 0 aliphatic carbocycles. The second kappa shape index (κ2) is 7.53. The topological polar surface area (TPSA) is 66.4 Å². The van der Waals surface area contributed by atoms with E-state index in [0.29, 0.717) is 23.8 Å². The molecule has 1 saturated heterocycles. The third-order valence-corrected chi connectivity index (χ3v) is 4.47. The lowest BCUT2D eigenvalue weighted by Crippen LogP contribution is -2.45. The zero-order chi connectivity index (χ0) is 17.0. The number of nitrogens with zero attached hydrogens (tertiary/aromatic N) is 4. The first-order valence-corrected chi connectivity index (χ1v) is 8.36. The molecule has 0 radical (unpaired) electrons. The molecule has 2 heterocycles. The molecule has 6 nitrogen and oxygen atoms in total. The van der Waals surface area contributed by atoms with Gasteiger partial charge in [0.15, 0.2) is 5.78 Å². The van der Waals surface area contributed by atoms with Crippen LogP contribution in [0.15, 0.2) is 6.20 Å². The number of anilines is 1. The molecule has 1 aromatic rings. The second-order valence-electron chi connectivity index (χ2n) is 6.02. The lowest BCUT2D eigenvalue weighted by molar-refractivity contribution is -0.135. The van der Waals surface area contributed by atoms with Crippen molar-refractivity contribution in [2.24, 2.45) is 5.92 Å². The highest BCUT2D eigenvalue weighted by atomic mass is 16.2. The summed E-state index contributed by atoms with van der Waals surface area (Å²) in [6.45, 7) is 10.3. The van der Waals surface area contributed by atoms with Gasteiger partial charge in [-0.25, -0.2) is 9.97 Å². The molecule has 1 aliphatic rings. The van der Waals surface area contributed by atoms with Crippen LogP contribution in [-0.4, -0.2) is 52.7 Å². The maximum absolute atomic E-state index is 12.6. The van der Waals surface area contributed by atoms with E-state index >= 15 is 0 Å². The Kier molecular flexibility index (Phi) is 5.69. The summed E-state index contributed by atoms with van der Waals surface area (Å²) >= 11 is 0. The summed E-state index contributed by atoms with van der Waals surface area (Å²) in [5.41, 5.74) is 1.25. The summed E-state index contributed by atoms with van der Waals surface area (Å²) in [6.07, 6.45) is 3.46. The van der Waals surface area contributed by atoms with E-state index in [4.69, 9.17) is 0 Å². The minimum atomic E-state index is -0.0257. The molecule has 1 unspecified atom stereocenters. The number of hydrogen-bond donors (Lipinski definition) is 0. The molecule has 1 aromatic heterocycles. The van der Waals surface area contributed by atoms with Gasteiger partial charge in [0.25, 0.3) is 0 Å². The summed E-state index contributed by atoms with van der Waals surface area (Å²) in [5, 5.41) is 0. The molecule has 0 spiro atoms. The third-order valence-electron chi connectivity index (χ3n) is 4.47. The van der Waals surface area contributed by atoms with Crippen molar-refractivity contribution < 1.29 is 9.59 Å². The Hall–Kier alpha value is -1.98. The highest BCUT2D eigenvalue weighted by Crippen LogP contribution is 2.22. The van der Waals surface area contributed by atoms with Gasteiger partial charge in [-0.2, -0.15) is 0 Å². The summed E-state index contributed by atoms with van der Waals surface area (Å²) in [5.74, 6) is 0.809. The molecule has 0 N–H and O–H groups in total. The Balaban J connectivity index is 2.13. The number of carbonyl (C=O) groups is 2. The van der Waals surface area contributed by atoms with E-state index in [1.54, 1.807) is 6.20 Å².